The predicted molar refractivity (Wildman–Crippen MR) is 94.1 cm³/mol. The molecule has 2 heterocycles. The van der Waals surface area contributed by atoms with Crippen molar-refractivity contribution in [1.82, 2.24) is 15.3 Å². The third-order valence-corrected chi connectivity index (χ3v) is 3.93. The number of anilines is 2. The smallest absolute Gasteiger partial charge is 0.271 e. The van der Waals surface area contributed by atoms with Crippen LogP contribution in [0, 0.1) is 6.92 Å². The Labute approximate surface area is 147 Å². The van der Waals surface area contributed by atoms with Crippen LogP contribution in [0.5, 0.6) is 0 Å². The molecule has 1 aromatic carbocycles. The number of halogens is 1. The third-order valence-electron chi connectivity index (χ3n) is 3.28. The summed E-state index contributed by atoms with van der Waals surface area (Å²) in [5.41, 5.74) is 2.28. The van der Waals surface area contributed by atoms with E-state index in [-0.39, 0.29) is 11.6 Å². The minimum Gasteiger partial charge on any atom is -0.467 e. The average molecular weight is 387 g/mol. The van der Waals surface area contributed by atoms with E-state index in [4.69, 9.17) is 4.42 Å². The summed E-state index contributed by atoms with van der Waals surface area (Å²) in [5, 5.41) is 5.88. The van der Waals surface area contributed by atoms with Crippen molar-refractivity contribution in [3.63, 3.8) is 0 Å². The van der Waals surface area contributed by atoms with Crippen LogP contribution in [0.1, 0.15) is 21.8 Å². The summed E-state index contributed by atoms with van der Waals surface area (Å²) in [6.07, 6.45) is 4.51. The van der Waals surface area contributed by atoms with Crippen molar-refractivity contribution in [3.05, 3.63) is 70.5 Å². The summed E-state index contributed by atoms with van der Waals surface area (Å²) in [7, 11) is 0. The molecule has 0 aliphatic rings. The molecule has 0 bridgehead atoms. The van der Waals surface area contributed by atoms with Gasteiger partial charge in [-0.05, 0) is 52.7 Å². The van der Waals surface area contributed by atoms with Gasteiger partial charge < -0.3 is 15.1 Å². The number of rotatable bonds is 5. The molecule has 6 nitrogen and oxygen atoms in total. The maximum absolute atomic E-state index is 12.0. The Morgan fingerprint density at radius 1 is 1.25 bits per heavy atom. The average Bonchev–Trinajstić information content (AvgIpc) is 3.09. The summed E-state index contributed by atoms with van der Waals surface area (Å²) in [5.74, 6) is 0.933. The molecule has 0 radical (unpaired) electrons. The fraction of sp³-hybridized carbons (Fsp3) is 0.118. The first kappa shape index (κ1) is 16.2. The summed E-state index contributed by atoms with van der Waals surface area (Å²) in [6, 6.07) is 9.51. The van der Waals surface area contributed by atoms with Crippen molar-refractivity contribution in [2.24, 2.45) is 0 Å². The molecule has 2 aromatic heterocycles. The second-order valence-corrected chi connectivity index (χ2v) is 6.01. The lowest BCUT2D eigenvalue weighted by Gasteiger charge is -2.08. The zero-order chi connectivity index (χ0) is 16.9. The molecule has 0 fully saturated rings. The molecule has 3 aromatic rings. The summed E-state index contributed by atoms with van der Waals surface area (Å²) in [6.45, 7) is 2.33. The molecule has 2 N–H and O–H groups in total. The van der Waals surface area contributed by atoms with Crippen molar-refractivity contribution in [3.8, 4) is 0 Å². The van der Waals surface area contributed by atoms with Crippen LogP contribution < -0.4 is 10.6 Å². The topological polar surface area (TPSA) is 80.0 Å². The number of aryl methyl sites for hydroxylation is 1. The van der Waals surface area contributed by atoms with Crippen LogP contribution in [-0.2, 0) is 6.54 Å². The van der Waals surface area contributed by atoms with Gasteiger partial charge in [-0.3, -0.25) is 4.79 Å². The fourth-order valence-corrected chi connectivity index (χ4v) is 2.63. The van der Waals surface area contributed by atoms with E-state index in [1.807, 2.05) is 25.1 Å². The van der Waals surface area contributed by atoms with E-state index in [0.29, 0.717) is 18.1 Å². The first-order valence-corrected chi connectivity index (χ1v) is 8.07. The molecular formula is C17H15BrN4O2. The Morgan fingerprint density at radius 3 is 2.79 bits per heavy atom. The Hall–Kier alpha value is -2.67. The van der Waals surface area contributed by atoms with Crippen LogP contribution in [0.4, 0.5) is 11.5 Å². The van der Waals surface area contributed by atoms with Gasteiger partial charge in [-0.15, -0.1) is 0 Å². The number of benzene rings is 1. The van der Waals surface area contributed by atoms with Gasteiger partial charge in [0.25, 0.3) is 5.91 Å². The molecule has 24 heavy (non-hydrogen) atoms. The second-order valence-electron chi connectivity index (χ2n) is 5.16. The van der Waals surface area contributed by atoms with Crippen molar-refractivity contribution < 1.29 is 9.21 Å². The molecule has 0 saturated carbocycles. The first-order valence-electron chi connectivity index (χ1n) is 7.27. The van der Waals surface area contributed by atoms with E-state index in [0.717, 1.165) is 15.7 Å². The van der Waals surface area contributed by atoms with Gasteiger partial charge in [-0.2, -0.15) is 0 Å². The highest BCUT2D eigenvalue weighted by molar-refractivity contribution is 9.10. The quantitative estimate of drug-likeness (QED) is 0.696. The van der Waals surface area contributed by atoms with Crippen LogP contribution >= 0.6 is 15.9 Å². The van der Waals surface area contributed by atoms with Gasteiger partial charge in [0.15, 0.2) is 0 Å². The van der Waals surface area contributed by atoms with Gasteiger partial charge in [-0.1, -0.05) is 6.07 Å². The number of carbonyl (C=O) groups is 1. The molecule has 0 atom stereocenters. The molecule has 0 aliphatic carbocycles. The number of hydrogen-bond donors (Lipinski definition) is 2. The lowest BCUT2D eigenvalue weighted by Crippen LogP contribution is -2.23. The minimum atomic E-state index is -0.304. The van der Waals surface area contributed by atoms with Crippen LogP contribution in [0.3, 0.4) is 0 Å². The van der Waals surface area contributed by atoms with Crippen LogP contribution in [0.2, 0.25) is 0 Å². The number of furan rings is 1. The molecule has 0 spiro atoms. The van der Waals surface area contributed by atoms with E-state index in [9.17, 15) is 4.79 Å². The molecule has 3 rings (SSSR count). The summed E-state index contributed by atoms with van der Waals surface area (Å²) < 4.78 is 6.09. The van der Waals surface area contributed by atoms with E-state index >= 15 is 0 Å². The van der Waals surface area contributed by atoms with E-state index in [1.165, 1.54) is 12.4 Å². The highest BCUT2D eigenvalue weighted by atomic mass is 79.9. The summed E-state index contributed by atoms with van der Waals surface area (Å²) in [4.78, 5) is 20.4. The van der Waals surface area contributed by atoms with E-state index < -0.39 is 0 Å². The van der Waals surface area contributed by atoms with Crippen molar-refractivity contribution >= 4 is 33.3 Å². The van der Waals surface area contributed by atoms with Gasteiger partial charge in [0, 0.05) is 4.47 Å². The highest BCUT2D eigenvalue weighted by Crippen LogP contribution is 2.25. The standard InChI is InChI=1S/C17H15BrN4O2/c1-11-4-5-14(13(18)7-11)22-16-10-19-15(9-20-16)17(23)21-8-12-3-2-6-24-12/h2-7,9-10H,8H2,1H3,(H,20,22)(H,21,23). The largest absolute Gasteiger partial charge is 0.467 e. The maximum atomic E-state index is 12.0. The number of nitrogens with one attached hydrogen (secondary N) is 2. The van der Waals surface area contributed by atoms with E-state index in [1.54, 1.807) is 18.4 Å². The van der Waals surface area contributed by atoms with Gasteiger partial charge >= 0.3 is 0 Å². The Morgan fingerprint density at radius 2 is 2.12 bits per heavy atom. The first-order chi connectivity index (χ1) is 11.6. The Bertz CT molecular complexity index is 832. The Balaban J connectivity index is 1.63. The molecule has 7 heteroatoms. The molecule has 1 amide bonds. The van der Waals surface area contributed by atoms with Gasteiger partial charge in [-0.25, -0.2) is 9.97 Å². The van der Waals surface area contributed by atoms with Gasteiger partial charge in [0.2, 0.25) is 0 Å². The molecular weight excluding hydrogens is 372 g/mol. The maximum Gasteiger partial charge on any atom is 0.271 e. The number of nitrogens with zero attached hydrogens (tertiary/aromatic N) is 2. The number of carbonyl (C=O) groups excluding carboxylic acids is 1. The molecule has 122 valence electrons. The van der Waals surface area contributed by atoms with Gasteiger partial charge in [0.05, 0.1) is 30.9 Å². The predicted octanol–water partition coefficient (Wildman–Crippen LogP) is 3.81. The van der Waals surface area contributed by atoms with E-state index in [2.05, 4.69) is 36.5 Å². The summed E-state index contributed by atoms with van der Waals surface area (Å²) >= 11 is 3.50. The second kappa shape index (κ2) is 7.27. The molecule has 0 aliphatic heterocycles. The zero-order valence-electron chi connectivity index (χ0n) is 12.9. The van der Waals surface area contributed by atoms with Crippen LogP contribution in [0.25, 0.3) is 0 Å². The lowest BCUT2D eigenvalue weighted by atomic mass is 10.2. The molecule has 0 unspecified atom stereocenters. The third kappa shape index (κ3) is 3.99. The lowest BCUT2D eigenvalue weighted by molar-refractivity contribution is 0.0942. The van der Waals surface area contributed by atoms with Crippen molar-refractivity contribution in [1.29, 1.82) is 0 Å². The highest BCUT2D eigenvalue weighted by Gasteiger charge is 2.09. The molecule has 0 saturated heterocycles. The number of aromatic nitrogens is 2. The monoisotopic (exact) mass is 386 g/mol. The zero-order valence-corrected chi connectivity index (χ0v) is 14.5. The normalized spacial score (nSPS) is 10.4. The van der Waals surface area contributed by atoms with Crippen LogP contribution in [-0.4, -0.2) is 15.9 Å². The SMILES string of the molecule is Cc1ccc(Nc2cnc(C(=O)NCc3ccco3)cn2)c(Br)c1. The Kier molecular flexibility index (Phi) is 4.90. The van der Waals surface area contributed by atoms with Crippen LogP contribution in [0.15, 0.2) is 57.9 Å². The van der Waals surface area contributed by atoms with Crippen molar-refractivity contribution in [2.75, 3.05) is 5.32 Å². The minimum absolute atomic E-state index is 0.245. The van der Waals surface area contributed by atoms with Crippen molar-refractivity contribution in [2.45, 2.75) is 13.5 Å². The van der Waals surface area contributed by atoms with Gasteiger partial charge in [0.1, 0.15) is 17.3 Å². The number of hydrogen-bond acceptors (Lipinski definition) is 5. The number of amides is 1. The fourth-order valence-electron chi connectivity index (χ4n) is 2.04.